The third kappa shape index (κ3) is 4.53. The lowest BCUT2D eigenvalue weighted by Crippen LogP contribution is -2.34. The summed E-state index contributed by atoms with van der Waals surface area (Å²) in [5, 5.41) is 20.3. The Balaban J connectivity index is 1.03. The summed E-state index contributed by atoms with van der Waals surface area (Å²) in [6.07, 6.45) is 8.23. The summed E-state index contributed by atoms with van der Waals surface area (Å²) < 4.78 is 17.2. The maximum Gasteiger partial charge on any atom is 0.241 e. The molecule has 10 heteroatoms. The lowest BCUT2D eigenvalue weighted by molar-refractivity contribution is 0.223. The van der Waals surface area contributed by atoms with Gasteiger partial charge in [0, 0.05) is 48.5 Å². The van der Waals surface area contributed by atoms with Crippen molar-refractivity contribution in [3.05, 3.63) is 71.0 Å². The third-order valence-electron chi connectivity index (χ3n) is 9.85. The van der Waals surface area contributed by atoms with E-state index in [0.29, 0.717) is 29.3 Å². The first-order valence-corrected chi connectivity index (χ1v) is 15.3. The van der Waals surface area contributed by atoms with Gasteiger partial charge in [-0.15, -0.1) is 15.3 Å². The van der Waals surface area contributed by atoms with Crippen molar-refractivity contribution in [1.82, 2.24) is 35.2 Å². The third-order valence-corrected chi connectivity index (χ3v) is 9.85. The molecular weight excluding hydrogens is 529 g/mol. The van der Waals surface area contributed by atoms with Gasteiger partial charge in [0.15, 0.2) is 5.82 Å². The first-order valence-electron chi connectivity index (χ1n) is 15.3. The molecule has 3 fully saturated rings. The maximum atomic E-state index is 15.7. The highest BCUT2D eigenvalue weighted by Crippen LogP contribution is 2.42. The number of benzene rings is 2. The number of hydrogen-bond donors (Lipinski definition) is 3. The Morgan fingerprint density at radius 3 is 2.69 bits per heavy atom. The summed E-state index contributed by atoms with van der Waals surface area (Å²) in [4.78, 5) is 7.05. The fourth-order valence-corrected chi connectivity index (χ4v) is 7.80. The minimum Gasteiger partial charge on any atom is -0.366 e. The molecule has 2 aliphatic carbocycles. The largest absolute Gasteiger partial charge is 0.366 e. The molecule has 8 rings (SSSR count). The van der Waals surface area contributed by atoms with E-state index in [9.17, 15) is 0 Å². The van der Waals surface area contributed by atoms with Gasteiger partial charge in [-0.2, -0.15) is 9.67 Å². The average molecular weight is 566 g/mol. The van der Waals surface area contributed by atoms with Gasteiger partial charge in [-0.1, -0.05) is 43.2 Å². The number of aromatic nitrogens is 5. The number of aryl methyl sites for hydroxylation is 2. The number of nitrogens with one attached hydrogen (secondary N) is 2. The van der Waals surface area contributed by atoms with E-state index in [0.717, 1.165) is 67.3 Å². The molecule has 4 aliphatic rings. The van der Waals surface area contributed by atoms with Crippen LogP contribution >= 0.6 is 0 Å². The second kappa shape index (κ2) is 10.4. The van der Waals surface area contributed by atoms with E-state index < -0.39 is 0 Å². The highest BCUT2D eigenvalue weighted by Gasteiger charge is 2.45. The standard InChI is InChI=1S/C32H36FN9/c33-27-15-22(12-13-25(27)30-26-18-41(17-21(26)16-35-30)23-9-2-3-10-23)36-32-37-31(34)40-42(32)28-14-20-8-5-7-19-6-1-4-11-24(19)29(20)39-38-28/h1,4,6,11-15,21,23,26,30,35H,2-3,5,7-10,16-18H2,(H3,34,36,37,40). The number of anilines is 3. The molecule has 216 valence electrons. The zero-order valence-corrected chi connectivity index (χ0v) is 23.6. The summed E-state index contributed by atoms with van der Waals surface area (Å²) in [5.74, 6) is 1.80. The molecule has 4 aromatic rings. The molecule has 42 heavy (non-hydrogen) atoms. The van der Waals surface area contributed by atoms with Crippen molar-refractivity contribution in [2.45, 2.75) is 57.0 Å². The molecule has 3 unspecified atom stereocenters. The van der Waals surface area contributed by atoms with Gasteiger partial charge in [-0.25, -0.2) is 4.39 Å². The molecule has 0 radical (unpaired) electrons. The molecule has 0 spiro atoms. The predicted molar refractivity (Wildman–Crippen MR) is 160 cm³/mol. The number of rotatable bonds is 5. The van der Waals surface area contributed by atoms with Crippen LogP contribution in [0.5, 0.6) is 0 Å². The van der Waals surface area contributed by atoms with Crippen molar-refractivity contribution in [3.63, 3.8) is 0 Å². The number of nitrogen functional groups attached to an aromatic ring is 1. The van der Waals surface area contributed by atoms with E-state index in [1.807, 2.05) is 24.3 Å². The Kier molecular flexibility index (Phi) is 6.41. The van der Waals surface area contributed by atoms with Gasteiger partial charge in [0.05, 0.1) is 5.69 Å². The highest BCUT2D eigenvalue weighted by atomic mass is 19.1. The van der Waals surface area contributed by atoms with Crippen molar-refractivity contribution in [2.24, 2.45) is 11.8 Å². The minimum atomic E-state index is -0.222. The minimum absolute atomic E-state index is 0.0368. The summed E-state index contributed by atoms with van der Waals surface area (Å²) in [7, 11) is 0. The van der Waals surface area contributed by atoms with Crippen molar-refractivity contribution in [2.75, 3.05) is 30.7 Å². The number of halogens is 1. The molecule has 2 saturated heterocycles. The highest BCUT2D eigenvalue weighted by molar-refractivity contribution is 5.68. The van der Waals surface area contributed by atoms with Crippen LogP contribution in [0.1, 0.15) is 54.8 Å². The topological polar surface area (TPSA) is 110 Å². The SMILES string of the molecule is Nc1nc(Nc2ccc(C3NCC4CN(C5CCCC5)CC43)c(F)c2)n(-c2cc3c(nn2)-c2ccccc2CCC3)n1. The van der Waals surface area contributed by atoms with E-state index in [1.165, 1.54) is 31.2 Å². The summed E-state index contributed by atoms with van der Waals surface area (Å²) in [6, 6.07) is 16.5. The van der Waals surface area contributed by atoms with Crippen molar-refractivity contribution < 1.29 is 4.39 Å². The van der Waals surface area contributed by atoms with E-state index >= 15 is 4.39 Å². The van der Waals surface area contributed by atoms with Crippen LogP contribution in [0, 0.1) is 17.7 Å². The maximum absolute atomic E-state index is 15.7. The second-order valence-corrected chi connectivity index (χ2v) is 12.4. The molecule has 4 heterocycles. The Morgan fingerprint density at radius 2 is 1.81 bits per heavy atom. The first-order chi connectivity index (χ1) is 20.6. The molecule has 0 bridgehead atoms. The molecule has 3 atom stereocenters. The Labute approximate surface area is 244 Å². The van der Waals surface area contributed by atoms with Crippen LogP contribution in [0.3, 0.4) is 0 Å². The smallest absolute Gasteiger partial charge is 0.241 e. The van der Waals surface area contributed by atoms with E-state index in [2.05, 4.69) is 54.0 Å². The van der Waals surface area contributed by atoms with Crippen LogP contribution in [-0.2, 0) is 12.8 Å². The molecule has 4 N–H and O–H groups in total. The van der Waals surface area contributed by atoms with Gasteiger partial charge in [-0.3, -0.25) is 4.90 Å². The van der Waals surface area contributed by atoms with E-state index in [1.54, 1.807) is 10.7 Å². The fraction of sp³-hybridized carbons (Fsp3) is 0.438. The monoisotopic (exact) mass is 565 g/mol. The van der Waals surface area contributed by atoms with Crippen LogP contribution < -0.4 is 16.4 Å². The summed E-state index contributed by atoms with van der Waals surface area (Å²) in [5.41, 5.74) is 11.8. The van der Waals surface area contributed by atoms with Crippen LogP contribution in [0.15, 0.2) is 48.5 Å². The van der Waals surface area contributed by atoms with Gasteiger partial charge < -0.3 is 16.4 Å². The normalized spacial score (nSPS) is 23.9. The second-order valence-electron chi connectivity index (χ2n) is 12.4. The average Bonchev–Trinajstić information content (AvgIpc) is 3.78. The lowest BCUT2D eigenvalue weighted by atomic mass is 9.89. The van der Waals surface area contributed by atoms with Gasteiger partial charge in [-0.05, 0) is 73.3 Å². The molecule has 1 saturated carbocycles. The van der Waals surface area contributed by atoms with E-state index in [4.69, 9.17) is 5.73 Å². The molecule has 0 amide bonds. The van der Waals surface area contributed by atoms with E-state index in [-0.39, 0.29) is 17.8 Å². The first kappa shape index (κ1) is 25.8. The van der Waals surface area contributed by atoms with Crippen LogP contribution in [0.2, 0.25) is 0 Å². The number of likely N-dealkylation sites (tertiary alicyclic amines) is 1. The number of nitrogens with two attached hydrogens (primary N) is 1. The van der Waals surface area contributed by atoms with Crippen molar-refractivity contribution in [3.8, 4) is 17.1 Å². The number of fused-ring (bicyclic) bond motifs is 4. The Hall–Kier alpha value is -3.89. The molecule has 2 aromatic carbocycles. The van der Waals surface area contributed by atoms with Gasteiger partial charge >= 0.3 is 0 Å². The Morgan fingerprint density at radius 1 is 0.952 bits per heavy atom. The molecule has 2 aromatic heterocycles. The van der Waals surface area contributed by atoms with Crippen LogP contribution in [0.4, 0.5) is 22.0 Å². The lowest BCUT2D eigenvalue weighted by Gasteiger charge is -2.26. The quantitative estimate of drug-likeness (QED) is 0.316. The van der Waals surface area contributed by atoms with Crippen LogP contribution in [0.25, 0.3) is 17.1 Å². The zero-order valence-electron chi connectivity index (χ0n) is 23.6. The molecular formula is C32H36FN9. The Bertz CT molecular complexity index is 1630. The van der Waals surface area contributed by atoms with Crippen molar-refractivity contribution >= 4 is 17.6 Å². The van der Waals surface area contributed by atoms with Gasteiger partial charge in [0.2, 0.25) is 11.9 Å². The summed E-state index contributed by atoms with van der Waals surface area (Å²) >= 11 is 0. The fourth-order valence-electron chi connectivity index (χ4n) is 7.80. The van der Waals surface area contributed by atoms with Crippen molar-refractivity contribution in [1.29, 1.82) is 0 Å². The number of nitrogens with zero attached hydrogens (tertiary/aromatic N) is 6. The van der Waals surface area contributed by atoms with Crippen LogP contribution in [-0.4, -0.2) is 55.5 Å². The number of hydrogen-bond acceptors (Lipinski definition) is 8. The van der Waals surface area contributed by atoms with Gasteiger partial charge in [0.25, 0.3) is 0 Å². The predicted octanol–water partition coefficient (Wildman–Crippen LogP) is 4.81. The van der Waals surface area contributed by atoms with Gasteiger partial charge in [0.1, 0.15) is 5.82 Å². The molecule has 9 nitrogen and oxygen atoms in total. The zero-order chi connectivity index (χ0) is 28.2. The molecule has 2 aliphatic heterocycles. The summed E-state index contributed by atoms with van der Waals surface area (Å²) in [6.45, 7) is 3.14.